The molecule has 2 heterocycles. The third-order valence-corrected chi connectivity index (χ3v) is 5.55. The highest BCUT2D eigenvalue weighted by molar-refractivity contribution is 7.22. The van der Waals surface area contributed by atoms with Gasteiger partial charge in [0.15, 0.2) is 16.7 Å². The second-order valence-corrected chi connectivity index (χ2v) is 7.36. The number of anilines is 1. The molecule has 1 aliphatic heterocycles. The number of amides is 1. The zero-order chi connectivity index (χ0) is 18.4. The van der Waals surface area contributed by atoms with E-state index in [0.717, 1.165) is 10.2 Å². The Labute approximate surface area is 158 Å². The topological polar surface area (TPSA) is 70.5 Å². The van der Waals surface area contributed by atoms with Gasteiger partial charge < -0.3 is 5.11 Å². The quantitative estimate of drug-likeness (QED) is 0.724. The first-order valence-electron chi connectivity index (χ1n) is 7.86. The van der Waals surface area contributed by atoms with Crippen LogP contribution in [0.25, 0.3) is 10.2 Å². The van der Waals surface area contributed by atoms with Gasteiger partial charge in [0, 0.05) is 5.02 Å². The number of carbonyl (C=O) groups excluding carboxylic acids is 2. The summed E-state index contributed by atoms with van der Waals surface area (Å²) in [6, 6.07) is 13.6. The predicted octanol–water partition coefficient (Wildman–Crippen LogP) is 4.44. The number of benzene rings is 2. The SMILES string of the molecule is CC(=O)C1=C(O)C(=O)N(c2nc3ccccc3s2)[C@@H]1c1ccc(Cl)cc1. The second-order valence-electron chi connectivity index (χ2n) is 5.91. The predicted molar refractivity (Wildman–Crippen MR) is 102 cm³/mol. The van der Waals surface area contributed by atoms with E-state index in [1.54, 1.807) is 24.3 Å². The maximum atomic E-state index is 12.8. The van der Waals surface area contributed by atoms with Crippen molar-refractivity contribution in [3.63, 3.8) is 0 Å². The standard InChI is InChI=1S/C19H13ClN2O3S/c1-10(23)15-16(11-6-8-12(20)9-7-11)22(18(25)17(15)24)19-21-13-4-2-3-5-14(13)26-19/h2-9,16,24H,1H3/t16-/m1/s1. The monoisotopic (exact) mass is 384 g/mol. The molecule has 5 nitrogen and oxygen atoms in total. The van der Waals surface area contributed by atoms with Gasteiger partial charge >= 0.3 is 0 Å². The zero-order valence-corrected chi connectivity index (χ0v) is 15.2. The average molecular weight is 385 g/mol. The molecule has 0 unspecified atom stereocenters. The number of carbonyl (C=O) groups is 2. The number of rotatable bonds is 3. The van der Waals surface area contributed by atoms with Gasteiger partial charge in [-0.15, -0.1) is 0 Å². The summed E-state index contributed by atoms with van der Waals surface area (Å²) in [5.41, 5.74) is 1.50. The fraction of sp³-hybridized carbons (Fsp3) is 0.105. The van der Waals surface area contributed by atoms with Crippen molar-refractivity contribution < 1.29 is 14.7 Å². The van der Waals surface area contributed by atoms with Crippen molar-refractivity contribution >= 4 is 50.0 Å². The van der Waals surface area contributed by atoms with Crippen LogP contribution in [0.5, 0.6) is 0 Å². The molecule has 0 saturated carbocycles. The minimum atomic E-state index is -0.738. The van der Waals surface area contributed by atoms with Gasteiger partial charge in [0.05, 0.1) is 21.8 Å². The summed E-state index contributed by atoms with van der Waals surface area (Å²) in [4.78, 5) is 30.8. The normalized spacial score (nSPS) is 17.4. The number of thiazole rings is 1. The van der Waals surface area contributed by atoms with Crippen LogP contribution in [0.2, 0.25) is 5.02 Å². The number of nitrogens with zero attached hydrogens (tertiary/aromatic N) is 2. The van der Waals surface area contributed by atoms with E-state index in [1.165, 1.54) is 23.2 Å². The molecule has 1 amide bonds. The molecule has 3 aromatic rings. The van der Waals surface area contributed by atoms with Crippen LogP contribution in [-0.4, -0.2) is 21.8 Å². The molecule has 1 aliphatic rings. The third-order valence-electron chi connectivity index (χ3n) is 4.26. The molecule has 0 saturated heterocycles. The van der Waals surface area contributed by atoms with E-state index in [9.17, 15) is 14.7 Å². The Morgan fingerprint density at radius 2 is 1.88 bits per heavy atom. The maximum absolute atomic E-state index is 12.8. The van der Waals surface area contributed by atoms with E-state index in [1.807, 2.05) is 24.3 Å². The van der Waals surface area contributed by atoms with Gasteiger partial charge in [0.1, 0.15) is 0 Å². The number of aliphatic hydroxyl groups excluding tert-OH is 1. The lowest BCUT2D eigenvalue weighted by Crippen LogP contribution is -2.30. The number of fused-ring (bicyclic) bond motifs is 1. The molecule has 0 radical (unpaired) electrons. The molecule has 2 aromatic carbocycles. The van der Waals surface area contributed by atoms with Gasteiger partial charge in [-0.1, -0.05) is 47.2 Å². The van der Waals surface area contributed by atoms with Crippen molar-refractivity contribution in [2.75, 3.05) is 4.90 Å². The van der Waals surface area contributed by atoms with Gasteiger partial charge in [-0.05, 0) is 36.8 Å². The van der Waals surface area contributed by atoms with E-state index < -0.39 is 17.7 Å². The highest BCUT2D eigenvalue weighted by atomic mass is 35.5. The summed E-state index contributed by atoms with van der Waals surface area (Å²) >= 11 is 7.30. The largest absolute Gasteiger partial charge is 0.503 e. The van der Waals surface area contributed by atoms with E-state index in [-0.39, 0.29) is 11.4 Å². The highest BCUT2D eigenvalue weighted by Gasteiger charge is 2.44. The van der Waals surface area contributed by atoms with Crippen molar-refractivity contribution in [2.24, 2.45) is 0 Å². The molecule has 1 aromatic heterocycles. The minimum Gasteiger partial charge on any atom is -0.503 e. The summed E-state index contributed by atoms with van der Waals surface area (Å²) in [5, 5.41) is 11.3. The molecular weight excluding hydrogens is 372 g/mol. The van der Waals surface area contributed by atoms with Crippen molar-refractivity contribution in [1.29, 1.82) is 0 Å². The lowest BCUT2D eigenvalue weighted by atomic mass is 9.97. The number of hydrogen-bond donors (Lipinski definition) is 1. The van der Waals surface area contributed by atoms with Crippen LogP contribution < -0.4 is 4.90 Å². The van der Waals surface area contributed by atoms with Gasteiger partial charge in [0.25, 0.3) is 5.91 Å². The Kier molecular flexibility index (Phi) is 4.01. The fourth-order valence-corrected chi connectivity index (χ4v) is 4.20. The van der Waals surface area contributed by atoms with Crippen molar-refractivity contribution in [2.45, 2.75) is 13.0 Å². The first-order chi connectivity index (χ1) is 12.5. The number of halogens is 1. The summed E-state index contributed by atoms with van der Waals surface area (Å²) in [6.07, 6.45) is 0. The number of Topliss-reactive ketones (excluding diaryl/α,β-unsaturated/α-hetero) is 1. The van der Waals surface area contributed by atoms with Crippen LogP contribution in [0.1, 0.15) is 18.5 Å². The van der Waals surface area contributed by atoms with Crippen LogP contribution in [0, 0.1) is 0 Å². The molecule has 1 N–H and O–H groups in total. The van der Waals surface area contributed by atoms with Gasteiger partial charge in [-0.2, -0.15) is 0 Å². The molecule has 1 atom stereocenters. The second kappa shape index (κ2) is 6.23. The smallest absolute Gasteiger partial charge is 0.296 e. The lowest BCUT2D eigenvalue weighted by Gasteiger charge is -2.24. The fourth-order valence-electron chi connectivity index (χ4n) is 3.09. The van der Waals surface area contributed by atoms with E-state index in [0.29, 0.717) is 15.7 Å². The average Bonchev–Trinajstić information content (AvgIpc) is 3.15. The van der Waals surface area contributed by atoms with Crippen LogP contribution in [-0.2, 0) is 9.59 Å². The van der Waals surface area contributed by atoms with Gasteiger partial charge in [-0.25, -0.2) is 4.98 Å². The van der Waals surface area contributed by atoms with Gasteiger partial charge in [0.2, 0.25) is 0 Å². The summed E-state index contributed by atoms with van der Waals surface area (Å²) in [7, 11) is 0. The number of ketones is 1. The Balaban J connectivity index is 1.90. The molecule has 130 valence electrons. The van der Waals surface area contributed by atoms with E-state index >= 15 is 0 Å². The summed E-state index contributed by atoms with van der Waals surface area (Å²) in [5.74, 6) is -1.52. The van der Waals surface area contributed by atoms with Crippen LogP contribution in [0.4, 0.5) is 5.13 Å². The summed E-state index contributed by atoms with van der Waals surface area (Å²) in [6.45, 7) is 1.34. The van der Waals surface area contributed by atoms with E-state index in [4.69, 9.17) is 11.6 Å². The minimum absolute atomic E-state index is 0.0663. The summed E-state index contributed by atoms with van der Waals surface area (Å²) < 4.78 is 0.918. The lowest BCUT2D eigenvalue weighted by molar-refractivity contribution is -0.117. The van der Waals surface area contributed by atoms with Crippen molar-refractivity contribution in [3.8, 4) is 0 Å². The number of hydrogen-bond acceptors (Lipinski definition) is 5. The molecule has 0 fully saturated rings. The van der Waals surface area contributed by atoms with Crippen LogP contribution >= 0.6 is 22.9 Å². The molecule has 7 heteroatoms. The number of aliphatic hydroxyl groups is 1. The number of aromatic nitrogens is 1. The molecular formula is C19H13ClN2O3S. The van der Waals surface area contributed by atoms with Crippen LogP contribution in [0.15, 0.2) is 59.9 Å². The Hall–Kier alpha value is -2.70. The maximum Gasteiger partial charge on any atom is 0.296 e. The molecule has 0 bridgehead atoms. The molecule has 0 aliphatic carbocycles. The Bertz CT molecular complexity index is 1040. The first kappa shape index (κ1) is 16.8. The van der Waals surface area contributed by atoms with Crippen molar-refractivity contribution in [1.82, 2.24) is 4.98 Å². The Morgan fingerprint density at radius 1 is 1.19 bits per heavy atom. The Morgan fingerprint density at radius 3 is 2.54 bits per heavy atom. The molecule has 0 spiro atoms. The molecule has 26 heavy (non-hydrogen) atoms. The highest BCUT2D eigenvalue weighted by Crippen LogP contribution is 2.43. The molecule has 4 rings (SSSR count). The van der Waals surface area contributed by atoms with E-state index in [2.05, 4.69) is 4.98 Å². The third kappa shape index (κ3) is 2.58. The zero-order valence-electron chi connectivity index (χ0n) is 13.6. The van der Waals surface area contributed by atoms with Crippen LogP contribution in [0.3, 0.4) is 0 Å². The number of para-hydroxylation sites is 1. The van der Waals surface area contributed by atoms with Crippen molar-refractivity contribution in [3.05, 3.63) is 70.4 Å². The first-order valence-corrected chi connectivity index (χ1v) is 9.05. The van der Waals surface area contributed by atoms with Gasteiger partial charge in [-0.3, -0.25) is 14.5 Å².